The first-order chi connectivity index (χ1) is 8.79. The molecule has 0 saturated heterocycles. The SMILES string of the molecule is CCOc1ccc(C(=O)C=Cc2ccco2)cc1. The van der Waals surface area contributed by atoms with Crippen molar-refractivity contribution < 1.29 is 13.9 Å². The molecular formula is C15H14O3. The van der Waals surface area contributed by atoms with Crippen LogP contribution >= 0.6 is 0 Å². The Morgan fingerprint density at radius 1 is 1.28 bits per heavy atom. The van der Waals surface area contributed by atoms with E-state index in [2.05, 4.69) is 0 Å². The van der Waals surface area contributed by atoms with E-state index in [1.165, 1.54) is 6.08 Å². The van der Waals surface area contributed by atoms with Gasteiger partial charge in [0, 0.05) is 5.56 Å². The highest BCUT2D eigenvalue weighted by molar-refractivity contribution is 6.06. The minimum absolute atomic E-state index is 0.0607. The Kier molecular flexibility index (Phi) is 3.97. The lowest BCUT2D eigenvalue weighted by atomic mass is 10.1. The summed E-state index contributed by atoms with van der Waals surface area (Å²) in [6.45, 7) is 2.54. The molecule has 0 aliphatic heterocycles. The molecule has 0 aliphatic rings. The number of carbonyl (C=O) groups is 1. The summed E-state index contributed by atoms with van der Waals surface area (Å²) in [6.07, 6.45) is 4.72. The molecule has 2 aromatic rings. The van der Waals surface area contributed by atoms with E-state index in [0.717, 1.165) is 5.75 Å². The monoisotopic (exact) mass is 242 g/mol. The minimum Gasteiger partial charge on any atom is -0.494 e. The third kappa shape index (κ3) is 3.10. The van der Waals surface area contributed by atoms with Crippen molar-refractivity contribution in [3.63, 3.8) is 0 Å². The molecule has 0 fully saturated rings. The molecule has 0 atom stereocenters. The molecule has 1 heterocycles. The summed E-state index contributed by atoms with van der Waals surface area (Å²) in [5.41, 5.74) is 0.626. The van der Waals surface area contributed by atoms with Crippen LogP contribution in [0.2, 0.25) is 0 Å². The van der Waals surface area contributed by atoms with Gasteiger partial charge in [-0.15, -0.1) is 0 Å². The van der Waals surface area contributed by atoms with Crippen molar-refractivity contribution in [2.75, 3.05) is 6.61 Å². The maximum absolute atomic E-state index is 11.8. The van der Waals surface area contributed by atoms with Crippen LogP contribution in [-0.4, -0.2) is 12.4 Å². The van der Waals surface area contributed by atoms with Crippen molar-refractivity contribution in [1.29, 1.82) is 0 Å². The summed E-state index contributed by atoms with van der Waals surface area (Å²) in [5.74, 6) is 1.37. The van der Waals surface area contributed by atoms with E-state index >= 15 is 0 Å². The molecule has 3 heteroatoms. The lowest BCUT2D eigenvalue weighted by Crippen LogP contribution is -1.95. The maximum atomic E-state index is 11.8. The van der Waals surface area contributed by atoms with E-state index in [0.29, 0.717) is 17.9 Å². The van der Waals surface area contributed by atoms with Crippen molar-refractivity contribution in [1.82, 2.24) is 0 Å². The van der Waals surface area contributed by atoms with E-state index in [-0.39, 0.29) is 5.78 Å². The quantitative estimate of drug-likeness (QED) is 0.594. The molecule has 0 amide bonds. The van der Waals surface area contributed by atoms with E-state index < -0.39 is 0 Å². The van der Waals surface area contributed by atoms with Crippen LogP contribution in [0.25, 0.3) is 6.08 Å². The highest BCUT2D eigenvalue weighted by Gasteiger charge is 2.02. The zero-order valence-electron chi connectivity index (χ0n) is 10.1. The number of carbonyl (C=O) groups excluding carboxylic acids is 1. The summed E-state index contributed by atoms with van der Waals surface area (Å²) >= 11 is 0. The molecule has 2 rings (SSSR count). The van der Waals surface area contributed by atoms with Crippen molar-refractivity contribution in [2.45, 2.75) is 6.92 Å². The molecule has 18 heavy (non-hydrogen) atoms. The Hall–Kier alpha value is -2.29. The van der Waals surface area contributed by atoms with Crippen LogP contribution in [0, 0.1) is 0 Å². The zero-order chi connectivity index (χ0) is 12.8. The lowest BCUT2D eigenvalue weighted by molar-refractivity contribution is 0.104. The topological polar surface area (TPSA) is 39.4 Å². The molecule has 1 aromatic carbocycles. The number of furan rings is 1. The standard InChI is InChI=1S/C15H14O3/c1-2-17-14-7-5-12(6-8-14)15(16)10-9-13-4-3-11-18-13/h3-11H,2H2,1H3. The second-order valence-corrected chi connectivity index (χ2v) is 3.67. The summed E-state index contributed by atoms with van der Waals surface area (Å²) in [7, 11) is 0. The molecule has 0 bridgehead atoms. The van der Waals surface area contributed by atoms with Crippen LogP contribution in [-0.2, 0) is 0 Å². The third-order valence-electron chi connectivity index (χ3n) is 2.39. The maximum Gasteiger partial charge on any atom is 0.185 e. The fraction of sp³-hybridized carbons (Fsp3) is 0.133. The van der Waals surface area contributed by atoms with Gasteiger partial charge in [-0.05, 0) is 55.5 Å². The van der Waals surface area contributed by atoms with Gasteiger partial charge >= 0.3 is 0 Å². The van der Waals surface area contributed by atoms with Crippen molar-refractivity contribution in [2.24, 2.45) is 0 Å². The van der Waals surface area contributed by atoms with Crippen LogP contribution in [0.4, 0.5) is 0 Å². The molecule has 0 unspecified atom stereocenters. The number of ketones is 1. The van der Waals surface area contributed by atoms with Gasteiger partial charge < -0.3 is 9.15 Å². The molecule has 0 N–H and O–H groups in total. The van der Waals surface area contributed by atoms with Crippen LogP contribution in [0.15, 0.2) is 53.2 Å². The largest absolute Gasteiger partial charge is 0.494 e. The third-order valence-corrected chi connectivity index (χ3v) is 2.39. The molecule has 1 aromatic heterocycles. The van der Waals surface area contributed by atoms with Crippen LogP contribution in [0.3, 0.4) is 0 Å². The van der Waals surface area contributed by atoms with Crippen molar-refractivity contribution in [3.05, 3.63) is 60.1 Å². The van der Waals surface area contributed by atoms with E-state index in [4.69, 9.17) is 9.15 Å². The van der Waals surface area contributed by atoms with Crippen LogP contribution in [0.1, 0.15) is 23.0 Å². The molecule has 0 spiro atoms. The Labute approximate surface area is 106 Å². The number of hydrogen-bond acceptors (Lipinski definition) is 3. The fourth-order valence-corrected chi connectivity index (χ4v) is 1.52. The van der Waals surface area contributed by atoms with Gasteiger partial charge in [0.25, 0.3) is 0 Å². The van der Waals surface area contributed by atoms with E-state index in [9.17, 15) is 4.79 Å². The van der Waals surface area contributed by atoms with Gasteiger partial charge in [-0.1, -0.05) is 0 Å². The summed E-state index contributed by atoms with van der Waals surface area (Å²) in [6, 6.07) is 10.7. The first-order valence-corrected chi connectivity index (χ1v) is 5.78. The van der Waals surface area contributed by atoms with Crippen LogP contribution in [0.5, 0.6) is 5.75 Å². The predicted molar refractivity (Wildman–Crippen MR) is 69.7 cm³/mol. The molecule has 3 nitrogen and oxygen atoms in total. The van der Waals surface area contributed by atoms with Crippen molar-refractivity contribution >= 4 is 11.9 Å². The van der Waals surface area contributed by atoms with Crippen molar-refractivity contribution in [3.8, 4) is 5.75 Å². The minimum atomic E-state index is -0.0607. The van der Waals surface area contributed by atoms with Gasteiger partial charge in [-0.3, -0.25) is 4.79 Å². The Morgan fingerprint density at radius 2 is 2.06 bits per heavy atom. The average Bonchev–Trinajstić information content (AvgIpc) is 2.90. The fourth-order valence-electron chi connectivity index (χ4n) is 1.52. The second-order valence-electron chi connectivity index (χ2n) is 3.67. The molecule has 0 aliphatic carbocycles. The second kappa shape index (κ2) is 5.87. The van der Waals surface area contributed by atoms with E-state index in [1.54, 1.807) is 48.7 Å². The van der Waals surface area contributed by atoms with Gasteiger partial charge in [0.2, 0.25) is 0 Å². The molecule has 0 saturated carbocycles. The highest BCUT2D eigenvalue weighted by atomic mass is 16.5. The average molecular weight is 242 g/mol. The lowest BCUT2D eigenvalue weighted by Gasteiger charge is -2.02. The van der Waals surface area contributed by atoms with Gasteiger partial charge in [-0.2, -0.15) is 0 Å². The number of benzene rings is 1. The number of ether oxygens (including phenoxy) is 1. The van der Waals surface area contributed by atoms with Gasteiger partial charge in [-0.25, -0.2) is 0 Å². The molecule has 92 valence electrons. The predicted octanol–water partition coefficient (Wildman–Crippen LogP) is 3.57. The first-order valence-electron chi connectivity index (χ1n) is 5.78. The van der Waals surface area contributed by atoms with Gasteiger partial charge in [0.1, 0.15) is 11.5 Å². The number of rotatable bonds is 5. The molecular weight excluding hydrogens is 228 g/mol. The summed E-state index contributed by atoms with van der Waals surface area (Å²) in [4.78, 5) is 11.8. The summed E-state index contributed by atoms with van der Waals surface area (Å²) < 4.78 is 10.4. The Morgan fingerprint density at radius 3 is 2.67 bits per heavy atom. The Bertz CT molecular complexity index is 521. The zero-order valence-corrected chi connectivity index (χ0v) is 10.1. The Balaban J connectivity index is 2.04. The summed E-state index contributed by atoms with van der Waals surface area (Å²) in [5, 5.41) is 0. The smallest absolute Gasteiger partial charge is 0.185 e. The molecule has 0 radical (unpaired) electrons. The first kappa shape index (κ1) is 12.2. The number of hydrogen-bond donors (Lipinski definition) is 0. The highest BCUT2D eigenvalue weighted by Crippen LogP contribution is 2.13. The normalized spacial score (nSPS) is 10.7. The van der Waals surface area contributed by atoms with Gasteiger partial charge in [0.05, 0.1) is 12.9 Å². The van der Waals surface area contributed by atoms with Crippen LogP contribution < -0.4 is 4.74 Å². The number of allylic oxidation sites excluding steroid dienone is 1. The van der Waals surface area contributed by atoms with E-state index in [1.807, 2.05) is 6.92 Å². The van der Waals surface area contributed by atoms with Gasteiger partial charge in [0.15, 0.2) is 5.78 Å².